The molecule has 0 saturated heterocycles. The standard InChI is InChI=1S/C14H11N.C5H10O4.H3O4P/c1-2-4-11(5-3-1)12-6-7-14-13(10-12)8-9-15-14;6-2-1-4(8)5(9)3-7;1-5(2,3)4/h1-10,15H;2,4-5,7-9H,1,3H2;(H3,1,2,3,4)/t;4-,5+;/m.0./s1. The van der Waals surface area contributed by atoms with Gasteiger partial charge in [0.05, 0.1) is 12.7 Å². The van der Waals surface area contributed by atoms with Crippen LogP contribution in [0.4, 0.5) is 0 Å². The molecule has 1 aromatic heterocycles. The molecule has 1 heterocycles. The molecule has 3 aromatic rings. The number of hydrogen-bond donors (Lipinski definition) is 7. The maximum atomic E-state index is 9.68. The van der Waals surface area contributed by atoms with Gasteiger partial charge in [-0.15, -0.1) is 0 Å². The van der Waals surface area contributed by atoms with Gasteiger partial charge < -0.3 is 39.8 Å². The largest absolute Gasteiger partial charge is 0.466 e. The van der Waals surface area contributed by atoms with Crippen LogP contribution in [0.25, 0.3) is 22.0 Å². The lowest BCUT2D eigenvalue weighted by Gasteiger charge is -2.11. The zero-order chi connectivity index (χ0) is 21.9. The molecule has 0 saturated carbocycles. The van der Waals surface area contributed by atoms with Crippen LogP contribution in [0.1, 0.15) is 6.42 Å². The molecule has 0 aliphatic carbocycles. The van der Waals surface area contributed by atoms with Gasteiger partial charge in [0, 0.05) is 18.1 Å². The highest BCUT2D eigenvalue weighted by Crippen LogP contribution is 2.26. The number of aromatic amines is 1. The fourth-order valence-electron chi connectivity index (χ4n) is 2.24. The minimum absolute atomic E-state index is 0.137. The Labute approximate surface area is 167 Å². The predicted octanol–water partition coefficient (Wildman–Crippen LogP) is 1.20. The summed E-state index contributed by atoms with van der Waals surface area (Å²) in [7, 11) is -4.64. The van der Waals surface area contributed by atoms with Crippen molar-refractivity contribution in [3.05, 3.63) is 60.8 Å². The second-order valence-electron chi connectivity index (χ2n) is 5.88. The summed E-state index contributed by atoms with van der Waals surface area (Å²) in [4.78, 5) is 34.4. The predicted molar refractivity (Wildman–Crippen MR) is 108 cm³/mol. The van der Waals surface area contributed by atoms with Crippen LogP contribution >= 0.6 is 7.82 Å². The van der Waals surface area contributed by atoms with E-state index in [1.807, 2.05) is 12.3 Å². The van der Waals surface area contributed by atoms with Gasteiger partial charge >= 0.3 is 7.82 Å². The molecule has 0 spiro atoms. The maximum Gasteiger partial charge on any atom is 0.466 e. The van der Waals surface area contributed by atoms with E-state index in [1.54, 1.807) is 0 Å². The van der Waals surface area contributed by atoms with E-state index in [-0.39, 0.29) is 6.42 Å². The molecule has 0 fully saturated rings. The number of H-pyrrole nitrogens is 1. The van der Waals surface area contributed by atoms with Crippen LogP contribution < -0.4 is 0 Å². The highest BCUT2D eigenvalue weighted by molar-refractivity contribution is 7.45. The van der Waals surface area contributed by atoms with Gasteiger partial charge in [-0.2, -0.15) is 0 Å². The fraction of sp³-hybridized carbons (Fsp3) is 0.211. The van der Waals surface area contributed by atoms with Crippen molar-refractivity contribution in [3.8, 4) is 11.1 Å². The molecule has 2 aromatic carbocycles. The van der Waals surface area contributed by atoms with Gasteiger partial charge in [0.25, 0.3) is 0 Å². The average Bonchev–Trinajstić information content (AvgIpc) is 3.15. The molecular formula is C19H24NO8P. The molecule has 0 unspecified atom stereocenters. The fourth-order valence-corrected chi connectivity index (χ4v) is 2.24. The van der Waals surface area contributed by atoms with Crippen LogP contribution in [0.2, 0.25) is 0 Å². The molecule has 158 valence electrons. The van der Waals surface area contributed by atoms with Gasteiger partial charge in [-0.25, -0.2) is 4.57 Å². The molecule has 10 heteroatoms. The molecule has 29 heavy (non-hydrogen) atoms. The number of aliphatic hydroxyl groups excluding tert-OH is 3. The third kappa shape index (κ3) is 10.1. The lowest BCUT2D eigenvalue weighted by molar-refractivity contribution is -0.111. The second-order valence-corrected chi connectivity index (χ2v) is 6.91. The van der Waals surface area contributed by atoms with Crippen LogP contribution in [0.5, 0.6) is 0 Å². The smallest absolute Gasteiger partial charge is 0.394 e. The first-order valence-corrected chi connectivity index (χ1v) is 10.0. The van der Waals surface area contributed by atoms with Crippen molar-refractivity contribution in [3.63, 3.8) is 0 Å². The summed E-state index contributed by atoms with van der Waals surface area (Å²) in [6.45, 7) is -0.519. The molecule has 3 rings (SSSR count). The van der Waals surface area contributed by atoms with Crippen molar-refractivity contribution < 1.29 is 39.4 Å². The zero-order valence-corrected chi connectivity index (χ0v) is 16.3. The quantitative estimate of drug-likeness (QED) is 0.236. The summed E-state index contributed by atoms with van der Waals surface area (Å²) in [6, 6.07) is 19.0. The average molecular weight is 425 g/mol. The Morgan fingerprint density at radius 3 is 2.10 bits per heavy atom. The number of aromatic nitrogens is 1. The van der Waals surface area contributed by atoms with Crippen molar-refractivity contribution >= 4 is 25.0 Å². The van der Waals surface area contributed by atoms with Crippen LogP contribution in [0, 0.1) is 0 Å². The number of aldehydes is 1. The molecule has 7 N–H and O–H groups in total. The Balaban J connectivity index is 0.000000258. The van der Waals surface area contributed by atoms with Gasteiger partial charge in [0.2, 0.25) is 0 Å². The van der Waals surface area contributed by atoms with E-state index in [4.69, 9.17) is 34.6 Å². The van der Waals surface area contributed by atoms with Gasteiger partial charge in [0.1, 0.15) is 12.4 Å². The number of carbonyl (C=O) groups excluding carboxylic acids is 1. The SMILES string of the molecule is O=CC[C@H](O)[C@H](O)CO.O=P(O)(O)O.c1ccc(-c2ccc3[nH]ccc3c2)cc1. The number of rotatable bonds is 5. The Hall–Kier alpha value is -2.36. The molecule has 0 aliphatic rings. The highest BCUT2D eigenvalue weighted by atomic mass is 31.2. The summed E-state index contributed by atoms with van der Waals surface area (Å²) in [5.41, 5.74) is 3.72. The number of phosphoric acid groups is 1. The minimum Gasteiger partial charge on any atom is -0.394 e. The highest BCUT2D eigenvalue weighted by Gasteiger charge is 2.13. The van der Waals surface area contributed by atoms with E-state index >= 15 is 0 Å². The third-order valence-corrected chi connectivity index (χ3v) is 3.63. The zero-order valence-electron chi connectivity index (χ0n) is 15.4. The van der Waals surface area contributed by atoms with Gasteiger partial charge in [0.15, 0.2) is 0 Å². The first-order valence-electron chi connectivity index (χ1n) is 8.47. The number of carbonyl (C=O) groups is 1. The number of fused-ring (bicyclic) bond motifs is 1. The number of nitrogens with one attached hydrogen (secondary N) is 1. The van der Waals surface area contributed by atoms with Crippen molar-refractivity contribution in [2.24, 2.45) is 0 Å². The van der Waals surface area contributed by atoms with Crippen LogP contribution in [-0.2, 0) is 9.36 Å². The topological polar surface area (TPSA) is 171 Å². The van der Waals surface area contributed by atoms with Crippen LogP contribution in [0.3, 0.4) is 0 Å². The lowest BCUT2D eigenvalue weighted by Crippen LogP contribution is -2.29. The Kier molecular flexibility index (Phi) is 10.4. The molecule has 0 radical (unpaired) electrons. The van der Waals surface area contributed by atoms with Crippen LogP contribution in [-0.4, -0.2) is 60.1 Å². The summed E-state index contributed by atoms with van der Waals surface area (Å²) < 4.78 is 8.88. The molecule has 0 aliphatic heterocycles. The number of hydrogen-bond acceptors (Lipinski definition) is 5. The van der Waals surface area contributed by atoms with E-state index in [1.165, 1.54) is 22.0 Å². The molecule has 0 bridgehead atoms. The first kappa shape index (κ1) is 24.7. The normalized spacial score (nSPS) is 12.8. The van der Waals surface area contributed by atoms with E-state index < -0.39 is 26.6 Å². The minimum atomic E-state index is -4.64. The van der Waals surface area contributed by atoms with Crippen LogP contribution in [0.15, 0.2) is 60.8 Å². The van der Waals surface area contributed by atoms with E-state index in [9.17, 15) is 4.79 Å². The maximum absolute atomic E-state index is 9.68. The van der Waals surface area contributed by atoms with E-state index in [2.05, 4.69) is 53.5 Å². The monoisotopic (exact) mass is 425 g/mol. The Bertz CT molecular complexity index is 900. The van der Waals surface area contributed by atoms with Crippen molar-refractivity contribution in [2.75, 3.05) is 6.61 Å². The number of benzene rings is 2. The Morgan fingerprint density at radius 1 is 0.931 bits per heavy atom. The van der Waals surface area contributed by atoms with E-state index in [0.717, 1.165) is 0 Å². The first-order chi connectivity index (χ1) is 13.7. The van der Waals surface area contributed by atoms with Crippen molar-refractivity contribution in [2.45, 2.75) is 18.6 Å². The summed E-state index contributed by atoms with van der Waals surface area (Å²) in [5.74, 6) is 0. The number of aliphatic hydroxyl groups is 3. The summed E-state index contributed by atoms with van der Waals surface area (Å²) in [6.07, 6.45) is -0.00671. The van der Waals surface area contributed by atoms with Crippen molar-refractivity contribution in [1.29, 1.82) is 0 Å². The van der Waals surface area contributed by atoms with Gasteiger partial charge in [-0.3, -0.25) is 0 Å². The molecular weight excluding hydrogens is 401 g/mol. The Morgan fingerprint density at radius 2 is 1.55 bits per heavy atom. The lowest BCUT2D eigenvalue weighted by atomic mass is 10.0. The van der Waals surface area contributed by atoms with Gasteiger partial charge in [-0.05, 0) is 34.7 Å². The summed E-state index contributed by atoms with van der Waals surface area (Å²) >= 11 is 0. The molecule has 0 amide bonds. The second kappa shape index (κ2) is 12.3. The van der Waals surface area contributed by atoms with E-state index in [0.29, 0.717) is 6.29 Å². The summed E-state index contributed by atoms with van der Waals surface area (Å²) in [5, 5.41) is 26.7. The van der Waals surface area contributed by atoms with Gasteiger partial charge in [-0.1, -0.05) is 36.4 Å². The van der Waals surface area contributed by atoms with Crippen molar-refractivity contribution in [1.82, 2.24) is 4.98 Å². The third-order valence-electron chi connectivity index (χ3n) is 3.63. The molecule has 2 atom stereocenters. The molecule has 9 nitrogen and oxygen atoms in total.